The summed E-state index contributed by atoms with van der Waals surface area (Å²) < 4.78 is 1.38. The van der Waals surface area contributed by atoms with Crippen LogP contribution in [0, 0.1) is 6.92 Å². The van der Waals surface area contributed by atoms with Gasteiger partial charge < -0.3 is 16.4 Å². The van der Waals surface area contributed by atoms with E-state index in [0.29, 0.717) is 17.2 Å². The number of carbonyl (C=O) groups excluding carboxylic acids is 2. The minimum absolute atomic E-state index is 0.0281. The van der Waals surface area contributed by atoms with Crippen molar-refractivity contribution in [1.82, 2.24) is 14.8 Å². The number of para-hydroxylation sites is 1. The van der Waals surface area contributed by atoms with Crippen LogP contribution < -0.4 is 16.4 Å². The average Bonchev–Trinajstić information content (AvgIpc) is 3.13. The summed E-state index contributed by atoms with van der Waals surface area (Å²) in [5.74, 6) is -0.734. The maximum Gasteiger partial charge on any atom is 0.277 e. The summed E-state index contributed by atoms with van der Waals surface area (Å²) >= 11 is 0. The highest BCUT2D eigenvalue weighted by atomic mass is 16.2. The van der Waals surface area contributed by atoms with Gasteiger partial charge >= 0.3 is 0 Å². The van der Waals surface area contributed by atoms with Gasteiger partial charge in [0, 0.05) is 11.9 Å². The van der Waals surface area contributed by atoms with Crippen molar-refractivity contribution in [1.29, 1.82) is 0 Å². The molecule has 0 aliphatic heterocycles. The minimum atomic E-state index is -0.576. The Morgan fingerprint density at radius 1 is 0.871 bits per heavy atom. The second-order valence-corrected chi connectivity index (χ2v) is 6.85. The fourth-order valence-electron chi connectivity index (χ4n) is 3.02. The van der Waals surface area contributed by atoms with E-state index >= 15 is 0 Å². The number of aromatic nitrogens is 3. The quantitative estimate of drug-likeness (QED) is 0.463. The summed E-state index contributed by atoms with van der Waals surface area (Å²) in [6, 6.07) is 21.5. The first-order valence-electron chi connectivity index (χ1n) is 9.57. The highest BCUT2D eigenvalue weighted by Crippen LogP contribution is 2.24. The number of amides is 2. The normalized spacial score (nSPS) is 10.5. The molecule has 0 atom stereocenters. The fraction of sp³-hybridized carbons (Fsp3) is 0.0435. The third-order valence-electron chi connectivity index (χ3n) is 4.58. The van der Waals surface area contributed by atoms with Crippen LogP contribution in [0.1, 0.15) is 26.4 Å². The van der Waals surface area contributed by atoms with Crippen LogP contribution in [-0.4, -0.2) is 26.6 Å². The zero-order chi connectivity index (χ0) is 21.8. The molecule has 0 fully saturated rings. The Hall–Kier alpha value is -4.46. The number of hydrogen-bond donors (Lipinski definition) is 3. The summed E-state index contributed by atoms with van der Waals surface area (Å²) in [5, 5.41) is 9.79. The maximum atomic E-state index is 13.0. The largest absolute Gasteiger partial charge is 0.383 e. The van der Waals surface area contributed by atoms with E-state index in [-0.39, 0.29) is 17.1 Å². The zero-order valence-electron chi connectivity index (χ0n) is 16.7. The van der Waals surface area contributed by atoms with Crippen molar-refractivity contribution in [2.45, 2.75) is 6.92 Å². The van der Waals surface area contributed by atoms with E-state index in [0.717, 1.165) is 5.56 Å². The van der Waals surface area contributed by atoms with Gasteiger partial charge in [-0.15, -0.1) is 0 Å². The summed E-state index contributed by atoms with van der Waals surface area (Å²) in [6.07, 6.45) is 1.55. The Labute approximate surface area is 178 Å². The summed E-state index contributed by atoms with van der Waals surface area (Å²) in [4.78, 5) is 30.1. The van der Waals surface area contributed by atoms with Crippen molar-refractivity contribution < 1.29 is 9.59 Å². The monoisotopic (exact) mass is 412 g/mol. The number of aryl methyl sites for hydroxylation is 1. The van der Waals surface area contributed by atoms with E-state index in [4.69, 9.17) is 5.73 Å². The van der Waals surface area contributed by atoms with Crippen molar-refractivity contribution in [3.63, 3.8) is 0 Å². The molecule has 31 heavy (non-hydrogen) atoms. The van der Waals surface area contributed by atoms with Crippen LogP contribution in [0.5, 0.6) is 0 Å². The minimum Gasteiger partial charge on any atom is -0.383 e. The Bertz CT molecular complexity index is 1220. The maximum absolute atomic E-state index is 13.0. The van der Waals surface area contributed by atoms with Gasteiger partial charge in [-0.2, -0.15) is 5.10 Å². The number of pyridine rings is 1. The molecule has 0 aliphatic rings. The summed E-state index contributed by atoms with van der Waals surface area (Å²) in [5.41, 5.74) is 8.45. The summed E-state index contributed by atoms with van der Waals surface area (Å²) in [6.45, 7) is 1.96. The van der Waals surface area contributed by atoms with Crippen LogP contribution in [0.15, 0.2) is 79.0 Å². The van der Waals surface area contributed by atoms with Crippen LogP contribution in [-0.2, 0) is 0 Å². The smallest absolute Gasteiger partial charge is 0.277 e. The third-order valence-corrected chi connectivity index (χ3v) is 4.58. The molecule has 0 radical (unpaired) electrons. The molecule has 0 aliphatic carbocycles. The standard InChI is InChI=1S/C23H20N6O2/c1-15-10-12-17(13-11-15)29-21(24)19(22(30)27-18-9-5-6-14-25-18)20(28-29)23(31)26-16-7-3-2-4-8-16/h2-14H,24H2,1H3,(H,26,31)(H,25,27,30). The first-order valence-corrected chi connectivity index (χ1v) is 9.57. The van der Waals surface area contributed by atoms with Gasteiger partial charge in [-0.05, 0) is 43.3 Å². The number of nitrogens with zero attached hydrogens (tertiary/aromatic N) is 3. The lowest BCUT2D eigenvalue weighted by molar-refractivity contribution is 0.0988. The molecule has 2 amide bonds. The molecule has 0 saturated heterocycles. The first kappa shape index (κ1) is 19.8. The number of hydrogen-bond acceptors (Lipinski definition) is 5. The third kappa shape index (κ3) is 4.27. The van der Waals surface area contributed by atoms with Gasteiger partial charge in [-0.25, -0.2) is 9.67 Å². The van der Waals surface area contributed by atoms with E-state index in [1.807, 2.05) is 37.3 Å². The molecule has 2 heterocycles. The van der Waals surface area contributed by atoms with Crippen LogP contribution in [0.25, 0.3) is 5.69 Å². The molecular formula is C23H20N6O2. The van der Waals surface area contributed by atoms with Gasteiger partial charge in [-0.3, -0.25) is 9.59 Å². The van der Waals surface area contributed by atoms with Crippen LogP contribution >= 0.6 is 0 Å². The molecule has 4 aromatic rings. The van der Waals surface area contributed by atoms with Gasteiger partial charge in [0.05, 0.1) is 5.69 Å². The number of nitrogens with one attached hydrogen (secondary N) is 2. The lowest BCUT2D eigenvalue weighted by atomic mass is 10.2. The highest BCUT2D eigenvalue weighted by Gasteiger charge is 2.28. The lowest BCUT2D eigenvalue weighted by Gasteiger charge is -2.07. The SMILES string of the molecule is Cc1ccc(-n2nc(C(=O)Nc3ccccc3)c(C(=O)Nc3ccccn3)c2N)cc1. The van der Waals surface area contributed by atoms with Crippen LogP contribution in [0.4, 0.5) is 17.3 Å². The second kappa shape index (κ2) is 8.50. The average molecular weight is 412 g/mol. The molecule has 8 heteroatoms. The van der Waals surface area contributed by atoms with Gasteiger partial charge in [-0.1, -0.05) is 42.0 Å². The van der Waals surface area contributed by atoms with E-state index < -0.39 is 11.8 Å². The van der Waals surface area contributed by atoms with E-state index in [2.05, 4.69) is 20.7 Å². The van der Waals surface area contributed by atoms with Gasteiger partial charge in [0.1, 0.15) is 17.2 Å². The highest BCUT2D eigenvalue weighted by molar-refractivity contribution is 6.16. The van der Waals surface area contributed by atoms with Crippen LogP contribution in [0.2, 0.25) is 0 Å². The Morgan fingerprint density at radius 2 is 1.58 bits per heavy atom. The number of nitrogen functional groups attached to an aromatic ring is 1. The molecule has 2 aromatic carbocycles. The molecule has 4 rings (SSSR count). The number of nitrogens with two attached hydrogens (primary N) is 1. The molecule has 0 bridgehead atoms. The van der Waals surface area contributed by atoms with E-state index in [9.17, 15) is 9.59 Å². The van der Waals surface area contributed by atoms with Crippen molar-refractivity contribution in [3.8, 4) is 5.69 Å². The molecule has 8 nitrogen and oxygen atoms in total. The van der Waals surface area contributed by atoms with E-state index in [1.54, 1.807) is 48.7 Å². The van der Waals surface area contributed by atoms with Gasteiger partial charge in [0.25, 0.3) is 11.8 Å². The van der Waals surface area contributed by atoms with Crippen molar-refractivity contribution >= 4 is 29.1 Å². The first-order chi connectivity index (χ1) is 15.0. The second-order valence-electron chi connectivity index (χ2n) is 6.85. The molecule has 0 unspecified atom stereocenters. The topological polar surface area (TPSA) is 115 Å². The Balaban J connectivity index is 1.75. The number of anilines is 3. The Kier molecular flexibility index (Phi) is 5.44. The number of benzene rings is 2. The lowest BCUT2D eigenvalue weighted by Crippen LogP contribution is -2.20. The molecular weight excluding hydrogens is 392 g/mol. The Morgan fingerprint density at radius 3 is 2.26 bits per heavy atom. The number of carbonyl (C=O) groups is 2. The fourth-order valence-corrected chi connectivity index (χ4v) is 3.02. The predicted octanol–water partition coefficient (Wildman–Crippen LogP) is 3.66. The van der Waals surface area contributed by atoms with Crippen molar-refractivity contribution in [3.05, 3.63) is 95.8 Å². The zero-order valence-corrected chi connectivity index (χ0v) is 16.7. The molecule has 0 spiro atoms. The molecule has 154 valence electrons. The van der Waals surface area contributed by atoms with Crippen molar-refractivity contribution in [2.24, 2.45) is 0 Å². The predicted molar refractivity (Wildman–Crippen MR) is 119 cm³/mol. The van der Waals surface area contributed by atoms with Gasteiger partial charge in [0.15, 0.2) is 5.69 Å². The molecule has 2 aromatic heterocycles. The van der Waals surface area contributed by atoms with Gasteiger partial charge in [0.2, 0.25) is 0 Å². The van der Waals surface area contributed by atoms with Crippen LogP contribution in [0.3, 0.4) is 0 Å². The molecule has 4 N–H and O–H groups in total. The summed E-state index contributed by atoms with van der Waals surface area (Å²) in [7, 11) is 0. The molecule has 0 saturated carbocycles. The number of rotatable bonds is 5. The van der Waals surface area contributed by atoms with Crippen molar-refractivity contribution in [2.75, 3.05) is 16.4 Å². The van der Waals surface area contributed by atoms with E-state index in [1.165, 1.54) is 4.68 Å².